The van der Waals surface area contributed by atoms with Crippen molar-refractivity contribution < 1.29 is 13.9 Å². The minimum absolute atomic E-state index is 0.0212. The molecule has 0 unspecified atom stereocenters. The van der Waals surface area contributed by atoms with E-state index in [0.29, 0.717) is 17.3 Å². The summed E-state index contributed by atoms with van der Waals surface area (Å²) in [6.45, 7) is 1.76. The van der Waals surface area contributed by atoms with Crippen LogP contribution in [0.25, 0.3) is 5.69 Å². The van der Waals surface area contributed by atoms with Crippen LogP contribution in [0.1, 0.15) is 22.8 Å². The van der Waals surface area contributed by atoms with Crippen LogP contribution in [0.3, 0.4) is 0 Å². The second kappa shape index (κ2) is 6.03. The van der Waals surface area contributed by atoms with Crippen molar-refractivity contribution in [2.45, 2.75) is 13.5 Å². The Hall–Kier alpha value is -2.51. The van der Waals surface area contributed by atoms with Gasteiger partial charge in [0.25, 0.3) is 0 Å². The van der Waals surface area contributed by atoms with E-state index in [-0.39, 0.29) is 27.9 Å². The minimum Gasteiger partial charge on any atom is -0.505 e. The molecule has 5 nitrogen and oxygen atoms in total. The number of aromatic hydroxyl groups is 1. The van der Waals surface area contributed by atoms with Gasteiger partial charge in [-0.25, -0.2) is 8.78 Å². The molecule has 3 aromatic rings. The highest BCUT2D eigenvalue weighted by Gasteiger charge is 2.29. The number of aryl methyl sites for hydroxylation is 1. The van der Waals surface area contributed by atoms with E-state index >= 15 is 0 Å². The molecule has 0 saturated heterocycles. The standard InChI is InChI=1S/C17H10Cl2F2N4O/c1-7-23-24-12-6-22-17(13-9(20)3-5-11(26)16(13)21)14-10(25(7)12)4-2-8(18)15(14)19/h2-5,26H,6H2,1H3. The van der Waals surface area contributed by atoms with E-state index in [1.54, 1.807) is 23.6 Å². The van der Waals surface area contributed by atoms with Crippen molar-refractivity contribution >= 4 is 28.9 Å². The van der Waals surface area contributed by atoms with Crippen molar-refractivity contribution in [1.29, 1.82) is 0 Å². The molecule has 1 aromatic heterocycles. The fraction of sp³-hybridized carbons (Fsp3) is 0.118. The van der Waals surface area contributed by atoms with Crippen molar-refractivity contribution in [3.63, 3.8) is 0 Å². The van der Waals surface area contributed by atoms with Gasteiger partial charge in [-0.15, -0.1) is 10.2 Å². The Labute approximate surface area is 156 Å². The highest BCUT2D eigenvalue weighted by atomic mass is 35.5. The molecule has 1 aliphatic heterocycles. The molecule has 2 heterocycles. The Morgan fingerprint density at radius 3 is 2.62 bits per heavy atom. The third-order valence-electron chi connectivity index (χ3n) is 4.13. The first-order valence-electron chi connectivity index (χ1n) is 7.51. The second-order valence-corrected chi connectivity index (χ2v) is 6.46. The Bertz CT molecular complexity index is 1090. The van der Waals surface area contributed by atoms with Gasteiger partial charge in [0.1, 0.15) is 18.2 Å². The van der Waals surface area contributed by atoms with Crippen LogP contribution in [0.15, 0.2) is 29.3 Å². The lowest BCUT2D eigenvalue weighted by atomic mass is 9.98. The van der Waals surface area contributed by atoms with Gasteiger partial charge in [0.15, 0.2) is 17.4 Å². The Morgan fingerprint density at radius 2 is 1.85 bits per heavy atom. The second-order valence-electron chi connectivity index (χ2n) is 5.67. The predicted octanol–water partition coefficient (Wildman–Crippen LogP) is 4.22. The van der Waals surface area contributed by atoms with Crippen LogP contribution < -0.4 is 0 Å². The molecule has 2 aromatic carbocycles. The van der Waals surface area contributed by atoms with Crippen LogP contribution in [-0.2, 0) is 6.54 Å². The first-order chi connectivity index (χ1) is 12.4. The maximum atomic E-state index is 14.6. The Balaban J connectivity index is 2.11. The molecule has 0 amide bonds. The summed E-state index contributed by atoms with van der Waals surface area (Å²) < 4.78 is 30.7. The zero-order chi connectivity index (χ0) is 18.6. The number of hydrogen-bond acceptors (Lipinski definition) is 4. The largest absolute Gasteiger partial charge is 0.505 e. The summed E-state index contributed by atoms with van der Waals surface area (Å²) in [7, 11) is 0. The first kappa shape index (κ1) is 16.9. The van der Waals surface area contributed by atoms with Crippen molar-refractivity contribution in [3.05, 3.63) is 68.7 Å². The summed E-state index contributed by atoms with van der Waals surface area (Å²) in [5.41, 5.74) is 0.203. The highest BCUT2D eigenvalue weighted by molar-refractivity contribution is 6.45. The van der Waals surface area contributed by atoms with E-state index in [1.807, 2.05) is 0 Å². The quantitative estimate of drug-likeness (QED) is 0.671. The molecule has 1 aliphatic rings. The maximum absolute atomic E-state index is 14.6. The van der Waals surface area contributed by atoms with Gasteiger partial charge in [-0.3, -0.25) is 9.56 Å². The van der Waals surface area contributed by atoms with Gasteiger partial charge in [0, 0.05) is 5.56 Å². The molecule has 0 spiro atoms. The van der Waals surface area contributed by atoms with Gasteiger partial charge >= 0.3 is 0 Å². The average Bonchev–Trinajstić information content (AvgIpc) is 2.89. The lowest BCUT2D eigenvalue weighted by Crippen LogP contribution is -2.13. The summed E-state index contributed by atoms with van der Waals surface area (Å²) in [5, 5.41) is 18.1. The first-order valence-corrected chi connectivity index (χ1v) is 8.27. The molecule has 4 rings (SSSR count). The number of aromatic nitrogens is 3. The zero-order valence-electron chi connectivity index (χ0n) is 13.3. The van der Waals surface area contributed by atoms with Gasteiger partial charge in [0.2, 0.25) is 0 Å². The number of rotatable bonds is 1. The van der Waals surface area contributed by atoms with E-state index in [4.69, 9.17) is 23.2 Å². The Morgan fingerprint density at radius 1 is 1.08 bits per heavy atom. The number of phenolic OH excluding ortho intramolecular Hbond substituents is 1. The third kappa shape index (κ3) is 2.39. The molecule has 0 fully saturated rings. The Kier molecular flexibility index (Phi) is 3.93. The molecular weight excluding hydrogens is 385 g/mol. The van der Waals surface area contributed by atoms with Crippen LogP contribution in [0, 0.1) is 18.6 Å². The lowest BCUT2D eigenvalue weighted by Gasteiger charge is -2.16. The number of nitrogens with zero attached hydrogens (tertiary/aromatic N) is 4. The number of hydrogen-bond donors (Lipinski definition) is 1. The molecule has 0 radical (unpaired) electrons. The van der Waals surface area contributed by atoms with Crippen LogP contribution in [0.4, 0.5) is 8.78 Å². The van der Waals surface area contributed by atoms with Crippen molar-refractivity contribution in [3.8, 4) is 11.4 Å². The van der Waals surface area contributed by atoms with Gasteiger partial charge in [-0.1, -0.05) is 23.2 Å². The van der Waals surface area contributed by atoms with Crippen molar-refractivity contribution in [1.82, 2.24) is 14.8 Å². The fourth-order valence-electron chi connectivity index (χ4n) is 2.97. The minimum atomic E-state index is -1.12. The average molecular weight is 395 g/mol. The molecule has 9 heteroatoms. The van der Waals surface area contributed by atoms with Gasteiger partial charge < -0.3 is 5.11 Å². The molecular formula is C17H10Cl2F2N4O. The summed E-state index contributed by atoms with van der Waals surface area (Å²) in [5.74, 6) is -1.65. The smallest absolute Gasteiger partial charge is 0.177 e. The summed E-state index contributed by atoms with van der Waals surface area (Å²) in [6, 6.07) is 5.13. The van der Waals surface area contributed by atoms with E-state index in [0.717, 1.165) is 12.1 Å². The number of fused-ring (bicyclic) bond motifs is 3. The summed E-state index contributed by atoms with van der Waals surface area (Å²) >= 11 is 12.5. The summed E-state index contributed by atoms with van der Waals surface area (Å²) in [4.78, 5) is 4.31. The predicted molar refractivity (Wildman–Crippen MR) is 93.5 cm³/mol. The van der Waals surface area contributed by atoms with Crippen molar-refractivity contribution in [2.75, 3.05) is 0 Å². The molecule has 0 saturated carbocycles. The SMILES string of the molecule is Cc1nnc2n1-c1ccc(Cl)c(Cl)c1C(c1c(F)ccc(O)c1F)=NC2. The molecule has 0 atom stereocenters. The maximum Gasteiger partial charge on any atom is 0.177 e. The molecule has 132 valence electrons. The van der Waals surface area contributed by atoms with E-state index < -0.39 is 22.9 Å². The highest BCUT2D eigenvalue weighted by Crippen LogP contribution is 2.37. The number of halogens is 4. The van der Waals surface area contributed by atoms with E-state index in [1.165, 1.54) is 0 Å². The van der Waals surface area contributed by atoms with Gasteiger partial charge in [-0.05, 0) is 31.2 Å². The summed E-state index contributed by atoms with van der Waals surface area (Å²) in [6.07, 6.45) is 0. The van der Waals surface area contributed by atoms with Crippen molar-refractivity contribution in [2.24, 2.45) is 4.99 Å². The number of benzene rings is 2. The zero-order valence-corrected chi connectivity index (χ0v) is 14.8. The third-order valence-corrected chi connectivity index (χ3v) is 4.93. The molecule has 0 bridgehead atoms. The van der Waals surface area contributed by atoms with Gasteiger partial charge in [-0.2, -0.15) is 0 Å². The van der Waals surface area contributed by atoms with Crippen LogP contribution in [-0.4, -0.2) is 25.6 Å². The van der Waals surface area contributed by atoms with Crippen LogP contribution in [0.5, 0.6) is 5.75 Å². The monoisotopic (exact) mass is 394 g/mol. The number of aliphatic imine (C=N–C) groups is 1. The molecule has 26 heavy (non-hydrogen) atoms. The normalized spacial score (nSPS) is 13.0. The van der Waals surface area contributed by atoms with Gasteiger partial charge in [0.05, 0.1) is 27.0 Å². The lowest BCUT2D eigenvalue weighted by molar-refractivity contribution is 0.427. The molecule has 1 N–H and O–H groups in total. The topological polar surface area (TPSA) is 63.3 Å². The van der Waals surface area contributed by atoms with Crippen LogP contribution in [0.2, 0.25) is 10.0 Å². The van der Waals surface area contributed by atoms with Crippen LogP contribution >= 0.6 is 23.2 Å². The number of phenols is 1. The van der Waals surface area contributed by atoms with E-state index in [2.05, 4.69) is 15.2 Å². The fourth-order valence-corrected chi connectivity index (χ4v) is 3.37. The van der Waals surface area contributed by atoms with E-state index in [9.17, 15) is 13.9 Å². The molecule has 0 aliphatic carbocycles.